The fraction of sp³-hybridized carbons (Fsp3) is 0.200. The number of para-hydroxylation sites is 1. The van der Waals surface area contributed by atoms with Crippen molar-refractivity contribution in [3.05, 3.63) is 87.6 Å². The highest BCUT2D eigenvalue weighted by molar-refractivity contribution is 6.09. The smallest absolute Gasteiger partial charge is 0.202 e. The maximum Gasteiger partial charge on any atom is 0.202 e. The average Bonchev–Trinajstić information content (AvgIpc) is 3.32. The zero-order chi connectivity index (χ0) is 26.3. The first-order valence-corrected chi connectivity index (χ1v) is 11.9. The number of rotatable bonds is 7. The van der Waals surface area contributed by atoms with Crippen LogP contribution in [0.5, 0.6) is 17.2 Å². The van der Waals surface area contributed by atoms with Crippen LogP contribution in [0.15, 0.2) is 63.8 Å². The molecule has 3 aromatic carbocycles. The summed E-state index contributed by atoms with van der Waals surface area (Å²) in [5, 5.41) is 2.03. The van der Waals surface area contributed by atoms with Gasteiger partial charge in [0.05, 0.1) is 25.0 Å². The number of carbonyl (C=O) groups excluding carboxylic acids is 1. The van der Waals surface area contributed by atoms with Crippen molar-refractivity contribution < 1.29 is 23.4 Å². The van der Waals surface area contributed by atoms with E-state index < -0.39 is 0 Å². The van der Waals surface area contributed by atoms with Crippen LogP contribution in [0.1, 0.15) is 27.6 Å². The second-order valence-corrected chi connectivity index (χ2v) is 8.89. The summed E-state index contributed by atoms with van der Waals surface area (Å²) in [7, 11) is 3.10. The largest absolute Gasteiger partial charge is 0.496 e. The van der Waals surface area contributed by atoms with Crippen LogP contribution in [-0.4, -0.2) is 31.6 Å². The van der Waals surface area contributed by atoms with Crippen LogP contribution in [0.25, 0.3) is 32.8 Å². The van der Waals surface area contributed by atoms with Crippen molar-refractivity contribution in [3.63, 3.8) is 0 Å². The quantitative estimate of drug-likeness (QED) is 0.271. The molecule has 0 unspecified atom stereocenters. The lowest BCUT2D eigenvalue weighted by molar-refractivity contribution is 0.0920. The molecule has 0 bridgehead atoms. The van der Waals surface area contributed by atoms with Crippen LogP contribution >= 0.6 is 0 Å². The number of ether oxygens (including phenoxy) is 3. The summed E-state index contributed by atoms with van der Waals surface area (Å²) in [6.07, 6.45) is 0. The first-order valence-electron chi connectivity index (χ1n) is 11.9. The fourth-order valence-corrected chi connectivity index (χ4v) is 4.89. The number of H-pyrrole nitrogens is 1. The number of methoxy groups -OCH3 is 2. The maximum absolute atomic E-state index is 13.1. The Morgan fingerprint density at radius 2 is 1.54 bits per heavy atom. The number of benzene rings is 2. The van der Waals surface area contributed by atoms with Gasteiger partial charge in [-0.3, -0.25) is 9.59 Å². The molecule has 1 N–H and O–H groups in total. The van der Waals surface area contributed by atoms with Gasteiger partial charge in [-0.25, -0.2) is 0 Å². The molecule has 0 atom stereocenters. The Bertz CT molecular complexity index is 1730. The van der Waals surface area contributed by atoms with Gasteiger partial charge in [0.25, 0.3) is 0 Å². The molecular formula is C30H27NO6. The van der Waals surface area contributed by atoms with Crippen molar-refractivity contribution >= 4 is 27.5 Å². The van der Waals surface area contributed by atoms with Gasteiger partial charge in [-0.1, -0.05) is 24.3 Å². The third-order valence-corrected chi connectivity index (χ3v) is 6.57. The van der Waals surface area contributed by atoms with E-state index in [0.29, 0.717) is 50.7 Å². The SMILES string of the molecule is COc1cc(-c2cc(OC)c3c(C)oc(C)c3c(=O)c2)ccc1OCC(=O)c1c(C)[nH]c2ccccc12. The Balaban J connectivity index is 1.48. The molecule has 0 saturated carbocycles. The number of nitrogens with one attached hydrogen (secondary N) is 1. The van der Waals surface area contributed by atoms with E-state index in [1.54, 1.807) is 32.2 Å². The monoisotopic (exact) mass is 497 g/mol. The maximum atomic E-state index is 13.1. The summed E-state index contributed by atoms with van der Waals surface area (Å²) in [4.78, 5) is 29.4. The summed E-state index contributed by atoms with van der Waals surface area (Å²) in [6, 6.07) is 16.4. The van der Waals surface area contributed by atoms with E-state index in [1.165, 1.54) is 7.11 Å². The molecule has 7 nitrogen and oxygen atoms in total. The van der Waals surface area contributed by atoms with Gasteiger partial charge in [0.1, 0.15) is 17.3 Å². The predicted octanol–water partition coefficient (Wildman–Crippen LogP) is 6.15. The van der Waals surface area contributed by atoms with Crippen molar-refractivity contribution in [2.24, 2.45) is 0 Å². The van der Waals surface area contributed by atoms with Crippen molar-refractivity contribution in [1.29, 1.82) is 0 Å². The number of fused-ring (bicyclic) bond motifs is 2. The van der Waals surface area contributed by atoms with Gasteiger partial charge in [0.2, 0.25) is 5.78 Å². The molecule has 5 aromatic rings. The number of hydrogen-bond acceptors (Lipinski definition) is 6. The third kappa shape index (κ3) is 4.22. The number of aromatic amines is 1. The van der Waals surface area contributed by atoms with Crippen molar-refractivity contribution in [2.75, 3.05) is 20.8 Å². The Morgan fingerprint density at radius 1 is 0.838 bits per heavy atom. The molecule has 0 radical (unpaired) electrons. The first-order chi connectivity index (χ1) is 17.8. The molecule has 2 aromatic heterocycles. The number of hydrogen-bond donors (Lipinski definition) is 1. The van der Waals surface area contributed by atoms with E-state index in [4.69, 9.17) is 18.6 Å². The van der Waals surface area contributed by atoms with E-state index in [9.17, 15) is 9.59 Å². The molecule has 0 spiro atoms. The molecule has 0 aliphatic rings. The fourth-order valence-electron chi connectivity index (χ4n) is 4.89. The van der Waals surface area contributed by atoms with E-state index in [2.05, 4.69) is 4.98 Å². The van der Waals surface area contributed by atoms with Crippen LogP contribution in [0, 0.1) is 20.8 Å². The Labute approximate surface area is 213 Å². The molecule has 0 fully saturated rings. The lowest BCUT2D eigenvalue weighted by atomic mass is 10.1. The number of carbonyl (C=O) groups is 1. The number of furan rings is 1. The van der Waals surface area contributed by atoms with E-state index in [-0.39, 0.29) is 17.8 Å². The Hall–Kier alpha value is -4.52. The van der Waals surface area contributed by atoms with Crippen LogP contribution < -0.4 is 19.6 Å². The minimum Gasteiger partial charge on any atom is -0.496 e. The number of aryl methyl sites for hydroxylation is 3. The molecule has 0 saturated heterocycles. The van der Waals surface area contributed by atoms with Crippen LogP contribution in [0.2, 0.25) is 0 Å². The molecule has 0 aliphatic carbocycles. The molecule has 5 rings (SSSR count). The highest BCUT2D eigenvalue weighted by Gasteiger charge is 2.19. The van der Waals surface area contributed by atoms with E-state index in [1.807, 2.05) is 50.2 Å². The molecule has 0 amide bonds. The first kappa shape index (κ1) is 24.2. The van der Waals surface area contributed by atoms with Crippen molar-refractivity contribution in [1.82, 2.24) is 4.98 Å². The number of Topliss-reactive ketones (excluding diaryl/α,β-unsaturated/α-hetero) is 1. The minimum absolute atomic E-state index is 0.133. The lowest BCUT2D eigenvalue weighted by Gasteiger charge is -2.12. The predicted molar refractivity (Wildman–Crippen MR) is 143 cm³/mol. The second kappa shape index (κ2) is 9.50. The zero-order valence-electron chi connectivity index (χ0n) is 21.4. The molecule has 7 heteroatoms. The van der Waals surface area contributed by atoms with Crippen LogP contribution in [-0.2, 0) is 0 Å². The average molecular weight is 498 g/mol. The highest BCUT2D eigenvalue weighted by atomic mass is 16.5. The number of aromatic nitrogens is 1. The molecular weight excluding hydrogens is 470 g/mol. The van der Waals surface area contributed by atoms with Gasteiger partial charge in [0, 0.05) is 22.2 Å². The summed E-state index contributed by atoms with van der Waals surface area (Å²) < 4.78 is 22.8. The van der Waals surface area contributed by atoms with Gasteiger partial charge < -0.3 is 23.6 Å². The van der Waals surface area contributed by atoms with E-state index >= 15 is 0 Å². The summed E-state index contributed by atoms with van der Waals surface area (Å²) >= 11 is 0. The van der Waals surface area contributed by atoms with Gasteiger partial charge >= 0.3 is 0 Å². The third-order valence-electron chi connectivity index (χ3n) is 6.57. The molecule has 0 aliphatic heterocycles. The lowest BCUT2D eigenvalue weighted by Crippen LogP contribution is -2.12. The molecule has 2 heterocycles. The van der Waals surface area contributed by atoms with Gasteiger partial charge in [-0.2, -0.15) is 0 Å². The van der Waals surface area contributed by atoms with Crippen molar-refractivity contribution in [3.8, 4) is 28.4 Å². The minimum atomic E-state index is -0.165. The zero-order valence-corrected chi connectivity index (χ0v) is 21.4. The number of ketones is 1. The second-order valence-electron chi connectivity index (χ2n) is 8.89. The topological polar surface area (TPSA) is 90.8 Å². The van der Waals surface area contributed by atoms with E-state index in [0.717, 1.165) is 22.2 Å². The summed E-state index contributed by atoms with van der Waals surface area (Å²) in [5.74, 6) is 2.46. The standard InChI is InChI=1S/C30H27NO6/c1-16-28(21-8-6-7-9-22(21)31-16)24(33)15-36-25-11-10-19(13-26(25)34-4)20-12-23(32)29-17(2)37-18(3)30(29)27(14-20)35-5/h6-14,31H,15H2,1-5H3. The van der Waals surface area contributed by atoms with Crippen LogP contribution in [0.4, 0.5) is 0 Å². The molecule has 188 valence electrons. The summed E-state index contributed by atoms with van der Waals surface area (Å²) in [5.41, 5.74) is 3.56. The summed E-state index contributed by atoms with van der Waals surface area (Å²) in [6.45, 7) is 5.31. The molecule has 37 heavy (non-hydrogen) atoms. The normalized spacial score (nSPS) is 11.2. The van der Waals surface area contributed by atoms with Gasteiger partial charge in [0.15, 0.2) is 23.5 Å². The van der Waals surface area contributed by atoms with Gasteiger partial charge in [-0.15, -0.1) is 0 Å². The van der Waals surface area contributed by atoms with Crippen LogP contribution in [0.3, 0.4) is 0 Å². The van der Waals surface area contributed by atoms with Gasteiger partial charge in [-0.05, 0) is 62.2 Å². The Morgan fingerprint density at radius 3 is 2.30 bits per heavy atom. The Kier molecular flexibility index (Phi) is 6.21. The highest BCUT2D eigenvalue weighted by Crippen LogP contribution is 2.36. The van der Waals surface area contributed by atoms with Crippen molar-refractivity contribution in [2.45, 2.75) is 20.8 Å².